The fourth-order valence-electron chi connectivity index (χ4n) is 2.45. The lowest BCUT2D eigenvalue weighted by Crippen LogP contribution is -1.89. The number of hydrogen-bond donors (Lipinski definition) is 0. The molecule has 19 heavy (non-hydrogen) atoms. The summed E-state index contributed by atoms with van der Waals surface area (Å²) >= 11 is 11.9. The minimum absolute atomic E-state index is 0.415. The number of ether oxygens (including phenoxy) is 1. The van der Waals surface area contributed by atoms with Gasteiger partial charge >= 0.3 is 0 Å². The molecular weight excluding hydrogens is 279 g/mol. The van der Waals surface area contributed by atoms with Gasteiger partial charge in [0.2, 0.25) is 0 Å². The third-order valence-corrected chi connectivity index (χ3v) is 4.11. The van der Waals surface area contributed by atoms with Gasteiger partial charge in [-0.25, -0.2) is 0 Å². The van der Waals surface area contributed by atoms with E-state index in [2.05, 4.69) is 12.1 Å². The molecule has 0 aromatic heterocycles. The Morgan fingerprint density at radius 3 is 2.47 bits per heavy atom. The third-order valence-electron chi connectivity index (χ3n) is 3.47. The highest BCUT2D eigenvalue weighted by Gasteiger charge is 2.11. The molecule has 0 saturated heterocycles. The molecule has 1 nitrogen and oxygen atoms in total. The maximum Gasteiger partial charge on any atom is 0.128 e. The molecular formula is C16H14Cl2O. The predicted octanol–water partition coefficient (Wildman–Crippen LogP) is 5.36. The molecule has 0 saturated carbocycles. The van der Waals surface area contributed by atoms with Crippen molar-refractivity contribution in [3.63, 3.8) is 0 Å². The van der Waals surface area contributed by atoms with Gasteiger partial charge < -0.3 is 4.74 Å². The topological polar surface area (TPSA) is 9.23 Å². The predicted molar refractivity (Wildman–Crippen MR) is 79.6 cm³/mol. The van der Waals surface area contributed by atoms with Crippen LogP contribution in [0.2, 0.25) is 5.02 Å². The van der Waals surface area contributed by atoms with E-state index >= 15 is 0 Å². The van der Waals surface area contributed by atoms with E-state index in [1.54, 1.807) is 0 Å². The minimum Gasteiger partial charge on any atom is -0.457 e. The fourth-order valence-corrected chi connectivity index (χ4v) is 2.99. The van der Waals surface area contributed by atoms with E-state index in [0.29, 0.717) is 10.9 Å². The fraction of sp³-hybridized carbons (Fsp3) is 0.250. The minimum atomic E-state index is 0.415. The zero-order chi connectivity index (χ0) is 13.2. The molecule has 98 valence electrons. The summed E-state index contributed by atoms with van der Waals surface area (Å²) < 4.78 is 5.86. The van der Waals surface area contributed by atoms with Crippen LogP contribution in [0.3, 0.4) is 0 Å². The molecule has 1 aliphatic rings. The number of hydrogen-bond acceptors (Lipinski definition) is 1. The third kappa shape index (κ3) is 2.72. The standard InChI is InChI=1S/C16H14Cl2O/c17-10-13-5-7-15(9-16(13)18)19-14-6-4-11-2-1-3-12(11)8-14/h4-9H,1-3,10H2. The van der Waals surface area contributed by atoms with Crippen LogP contribution in [-0.2, 0) is 18.7 Å². The second-order valence-electron chi connectivity index (χ2n) is 4.77. The van der Waals surface area contributed by atoms with E-state index in [-0.39, 0.29) is 0 Å². The van der Waals surface area contributed by atoms with Crippen molar-refractivity contribution in [2.75, 3.05) is 0 Å². The number of benzene rings is 2. The molecule has 2 aromatic rings. The Morgan fingerprint density at radius 2 is 1.68 bits per heavy atom. The van der Waals surface area contributed by atoms with Crippen molar-refractivity contribution in [1.29, 1.82) is 0 Å². The summed E-state index contributed by atoms with van der Waals surface area (Å²) in [7, 11) is 0. The molecule has 0 fully saturated rings. The van der Waals surface area contributed by atoms with Crippen molar-refractivity contribution < 1.29 is 4.74 Å². The van der Waals surface area contributed by atoms with Crippen LogP contribution in [0.25, 0.3) is 0 Å². The van der Waals surface area contributed by atoms with Gasteiger partial charge in [-0.2, -0.15) is 0 Å². The number of rotatable bonds is 3. The molecule has 1 aliphatic carbocycles. The molecule has 0 spiro atoms. The Hall–Kier alpha value is -1.18. The lowest BCUT2D eigenvalue weighted by atomic mass is 10.1. The first-order chi connectivity index (χ1) is 9.26. The van der Waals surface area contributed by atoms with Gasteiger partial charge in [0.15, 0.2) is 0 Å². The van der Waals surface area contributed by atoms with Gasteiger partial charge in [-0.3, -0.25) is 0 Å². The Morgan fingerprint density at radius 1 is 0.947 bits per heavy atom. The van der Waals surface area contributed by atoms with Gasteiger partial charge in [-0.05, 0) is 60.2 Å². The lowest BCUT2D eigenvalue weighted by molar-refractivity contribution is 0.482. The van der Waals surface area contributed by atoms with Crippen LogP contribution in [0.5, 0.6) is 11.5 Å². The average Bonchev–Trinajstić information content (AvgIpc) is 2.86. The Bertz CT molecular complexity index is 608. The van der Waals surface area contributed by atoms with Crippen LogP contribution >= 0.6 is 23.2 Å². The number of fused-ring (bicyclic) bond motifs is 1. The average molecular weight is 293 g/mol. The van der Waals surface area contributed by atoms with Crippen LogP contribution < -0.4 is 4.74 Å². The van der Waals surface area contributed by atoms with Crippen molar-refractivity contribution in [3.05, 3.63) is 58.1 Å². The van der Waals surface area contributed by atoms with Gasteiger partial charge in [0, 0.05) is 10.9 Å². The van der Waals surface area contributed by atoms with E-state index in [1.165, 1.54) is 24.0 Å². The smallest absolute Gasteiger partial charge is 0.128 e. The summed E-state index contributed by atoms with van der Waals surface area (Å²) in [6.07, 6.45) is 3.58. The largest absolute Gasteiger partial charge is 0.457 e. The molecule has 0 aliphatic heterocycles. The van der Waals surface area contributed by atoms with E-state index in [4.69, 9.17) is 27.9 Å². The molecule has 3 rings (SSSR count). The van der Waals surface area contributed by atoms with Crippen molar-refractivity contribution in [2.45, 2.75) is 25.1 Å². The first kappa shape index (κ1) is 12.8. The SMILES string of the molecule is ClCc1ccc(Oc2ccc3c(c2)CCC3)cc1Cl. The molecule has 0 radical (unpaired) electrons. The van der Waals surface area contributed by atoms with E-state index in [9.17, 15) is 0 Å². The summed E-state index contributed by atoms with van der Waals surface area (Å²) in [5, 5.41) is 0.647. The van der Waals surface area contributed by atoms with E-state index < -0.39 is 0 Å². The second-order valence-corrected chi connectivity index (χ2v) is 5.45. The molecule has 0 atom stereocenters. The number of alkyl halides is 1. The normalized spacial score (nSPS) is 13.4. The van der Waals surface area contributed by atoms with Gasteiger partial charge in [0.05, 0.1) is 0 Å². The summed E-state index contributed by atoms with van der Waals surface area (Å²) in [6.45, 7) is 0. The van der Waals surface area contributed by atoms with Crippen LogP contribution in [0.4, 0.5) is 0 Å². The van der Waals surface area contributed by atoms with Crippen molar-refractivity contribution in [3.8, 4) is 11.5 Å². The molecule has 0 N–H and O–H groups in total. The molecule has 0 unspecified atom stereocenters. The Kier molecular flexibility index (Phi) is 3.67. The van der Waals surface area contributed by atoms with Gasteiger partial charge in [0.25, 0.3) is 0 Å². The zero-order valence-electron chi connectivity index (χ0n) is 10.5. The molecule has 2 aromatic carbocycles. The van der Waals surface area contributed by atoms with Gasteiger partial charge in [0.1, 0.15) is 11.5 Å². The monoisotopic (exact) mass is 292 g/mol. The van der Waals surface area contributed by atoms with Crippen molar-refractivity contribution >= 4 is 23.2 Å². The van der Waals surface area contributed by atoms with Gasteiger partial charge in [-0.15, -0.1) is 11.6 Å². The van der Waals surface area contributed by atoms with Crippen LogP contribution in [0.15, 0.2) is 36.4 Å². The molecule has 0 amide bonds. The highest BCUT2D eigenvalue weighted by molar-refractivity contribution is 6.32. The summed E-state index contributed by atoms with van der Waals surface area (Å²) in [4.78, 5) is 0. The summed E-state index contributed by atoms with van der Waals surface area (Å²) in [6, 6.07) is 11.9. The first-order valence-corrected chi connectivity index (χ1v) is 7.31. The Balaban J connectivity index is 1.83. The van der Waals surface area contributed by atoms with Crippen molar-refractivity contribution in [2.24, 2.45) is 0 Å². The van der Waals surface area contributed by atoms with Gasteiger partial charge in [-0.1, -0.05) is 23.7 Å². The zero-order valence-corrected chi connectivity index (χ0v) is 12.0. The van der Waals surface area contributed by atoms with Crippen LogP contribution in [0.1, 0.15) is 23.1 Å². The number of aryl methyl sites for hydroxylation is 2. The summed E-state index contributed by atoms with van der Waals surface area (Å²) in [5.74, 6) is 2.03. The Labute approximate surface area is 123 Å². The first-order valence-electron chi connectivity index (χ1n) is 6.40. The van der Waals surface area contributed by atoms with Crippen LogP contribution in [-0.4, -0.2) is 0 Å². The molecule has 0 heterocycles. The molecule has 3 heteroatoms. The van der Waals surface area contributed by atoms with Crippen LogP contribution in [0, 0.1) is 0 Å². The second kappa shape index (κ2) is 5.44. The van der Waals surface area contributed by atoms with E-state index in [0.717, 1.165) is 23.5 Å². The maximum absolute atomic E-state index is 6.13. The van der Waals surface area contributed by atoms with E-state index in [1.807, 2.05) is 24.3 Å². The quantitative estimate of drug-likeness (QED) is 0.692. The maximum atomic E-state index is 6.13. The summed E-state index contributed by atoms with van der Waals surface area (Å²) in [5.41, 5.74) is 3.77. The number of halogens is 2. The van der Waals surface area contributed by atoms with Crippen molar-refractivity contribution in [1.82, 2.24) is 0 Å². The molecule has 0 bridgehead atoms. The lowest BCUT2D eigenvalue weighted by Gasteiger charge is -2.09. The highest BCUT2D eigenvalue weighted by atomic mass is 35.5. The highest BCUT2D eigenvalue weighted by Crippen LogP contribution is 2.31.